The molecule has 0 aromatic heterocycles. The number of carbonyl (C=O) groups excluding carboxylic acids is 2. The van der Waals surface area contributed by atoms with E-state index in [2.05, 4.69) is 10.6 Å². The lowest BCUT2D eigenvalue weighted by Gasteiger charge is -2.18. The van der Waals surface area contributed by atoms with Crippen LogP contribution in [-0.4, -0.2) is 26.2 Å². The maximum atomic E-state index is 12.3. The Kier molecular flexibility index (Phi) is 6.89. The fourth-order valence-electron chi connectivity index (χ4n) is 3.15. The number of hydrogen-bond acceptors (Lipinski definition) is 7. The second kappa shape index (κ2) is 9.77. The van der Waals surface area contributed by atoms with Gasteiger partial charge in [0, 0.05) is 6.54 Å². The number of hydrogen-bond donors (Lipinski definition) is 3. The maximum Gasteiger partial charge on any atom is 0.339 e. The maximum absolute atomic E-state index is 12.3. The number of rotatable bonds is 7. The van der Waals surface area contributed by atoms with Gasteiger partial charge in [-0.3, -0.25) is 0 Å². The molecule has 31 heavy (non-hydrogen) atoms. The van der Waals surface area contributed by atoms with Gasteiger partial charge in [0.25, 0.3) is 0 Å². The van der Waals surface area contributed by atoms with Crippen LogP contribution in [-0.2, 0) is 16.0 Å². The van der Waals surface area contributed by atoms with Crippen molar-refractivity contribution in [3.8, 4) is 0 Å². The Bertz CT molecular complexity index is 1110. The molecule has 3 aromatic carbocycles. The predicted octanol–water partition coefficient (Wildman–Crippen LogP) is 4.51. The molecule has 0 spiro atoms. The lowest BCUT2D eigenvalue weighted by atomic mass is 10.1. The van der Waals surface area contributed by atoms with Gasteiger partial charge in [0.1, 0.15) is 0 Å². The minimum atomic E-state index is -0.462. The lowest BCUT2D eigenvalue weighted by molar-refractivity contribution is 0.0593. The number of nitrogens with two attached hydrogens (primary N) is 1. The van der Waals surface area contributed by atoms with Crippen molar-refractivity contribution >= 4 is 34.7 Å². The minimum Gasteiger partial charge on any atom is -0.465 e. The third-order valence-electron chi connectivity index (χ3n) is 4.77. The van der Waals surface area contributed by atoms with Crippen molar-refractivity contribution in [2.24, 2.45) is 5.73 Å². The van der Waals surface area contributed by atoms with Crippen LogP contribution in [0.4, 0.5) is 22.7 Å². The summed E-state index contributed by atoms with van der Waals surface area (Å²) in [5.74, 6) is -0.897. The van der Waals surface area contributed by atoms with E-state index in [1.807, 2.05) is 37.3 Å². The van der Waals surface area contributed by atoms with Crippen LogP contribution in [0.1, 0.15) is 31.8 Å². The average Bonchev–Trinajstić information content (AvgIpc) is 2.80. The van der Waals surface area contributed by atoms with Crippen LogP contribution in [0.25, 0.3) is 0 Å². The number of aryl methyl sites for hydroxylation is 1. The molecule has 0 heterocycles. The zero-order chi connectivity index (χ0) is 22.4. The summed E-state index contributed by atoms with van der Waals surface area (Å²) in [6, 6.07) is 18.2. The highest BCUT2D eigenvalue weighted by Crippen LogP contribution is 2.32. The molecule has 0 aliphatic heterocycles. The van der Waals surface area contributed by atoms with Crippen molar-refractivity contribution in [2.45, 2.75) is 13.5 Å². The molecule has 0 amide bonds. The molecular formula is C24H25N3O4. The summed E-state index contributed by atoms with van der Waals surface area (Å²) >= 11 is 0. The number of anilines is 4. The van der Waals surface area contributed by atoms with Crippen LogP contribution in [0.2, 0.25) is 0 Å². The van der Waals surface area contributed by atoms with Crippen LogP contribution in [0.15, 0.2) is 60.7 Å². The van der Waals surface area contributed by atoms with Gasteiger partial charge in [-0.15, -0.1) is 0 Å². The monoisotopic (exact) mass is 419 g/mol. The average molecular weight is 419 g/mol. The topological polar surface area (TPSA) is 103 Å². The van der Waals surface area contributed by atoms with Gasteiger partial charge in [-0.2, -0.15) is 0 Å². The highest BCUT2D eigenvalue weighted by Gasteiger charge is 2.16. The van der Waals surface area contributed by atoms with Crippen molar-refractivity contribution in [1.29, 1.82) is 0 Å². The van der Waals surface area contributed by atoms with Crippen LogP contribution in [0.3, 0.4) is 0 Å². The molecule has 0 saturated heterocycles. The molecule has 0 atom stereocenters. The van der Waals surface area contributed by atoms with E-state index in [1.54, 1.807) is 30.3 Å². The Morgan fingerprint density at radius 3 is 2.10 bits per heavy atom. The SMILES string of the molecule is COC(=O)c1ccccc1Nc1ccc(C)cc1Nc1ccc(CN)cc1C(=O)OC. The first kappa shape index (κ1) is 21.9. The minimum absolute atomic E-state index is 0.311. The zero-order valence-electron chi connectivity index (χ0n) is 17.7. The molecule has 0 saturated carbocycles. The summed E-state index contributed by atoms with van der Waals surface area (Å²) in [4.78, 5) is 24.4. The molecule has 7 heteroatoms. The van der Waals surface area contributed by atoms with E-state index in [4.69, 9.17) is 15.2 Å². The molecule has 0 bridgehead atoms. The highest BCUT2D eigenvalue weighted by molar-refractivity contribution is 5.99. The Labute approximate surface area is 181 Å². The molecule has 3 rings (SSSR count). The van der Waals surface area contributed by atoms with Gasteiger partial charge in [-0.25, -0.2) is 9.59 Å². The van der Waals surface area contributed by atoms with E-state index >= 15 is 0 Å². The molecule has 0 radical (unpaired) electrons. The van der Waals surface area contributed by atoms with Crippen LogP contribution in [0, 0.1) is 6.92 Å². The Hall–Kier alpha value is -3.84. The summed E-state index contributed by atoms with van der Waals surface area (Å²) < 4.78 is 9.81. The lowest BCUT2D eigenvalue weighted by Crippen LogP contribution is -2.09. The zero-order valence-corrected chi connectivity index (χ0v) is 17.7. The van der Waals surface area contributed by atoms with E-state index < -0.39 is 11.9 Å². The third kappa shape index (κ3) is 5.02. The van der Waals surface area contributed by atoms with Crippen molar-refractivity contribution < 1.29 is 19.1 Å². The van der Waals surface area contributed by atoms with Gasteiger partial charge < -0.3 is 25.8 Å². The smallest absolute Gasteiger partial charge is 0.339 e. The fraction of sp³-hybridized carbons (Fsp3) is 0.167. The molecule has 0 unspecified atom stereocenters. The normalized spacial score (nSPS) is 10.3. The first-order chi connectivity index (χ1) is 15.0. The standard InChI is InChI=1S/C24H25N3O4/c1-15-8-10-21(26-19-7-5-4-6-17(19)23(28)30-2)22(12-15)27-20-11-9-16(14-25)13-18(20)24(29)31-3/h4-13,26-27H,14,25H2,1-3H3. The third-order valence-corrected chi connectivity index (χ3v) is 4.77. The molecule has 3 aromatic rings. The number of nitrogens with one attached hydrogen (secondary N) is 2. The van der Waals surface area contributed by atoms with E-state index in [0.29, 0.717) is 29.0 Å². The van der Waals surface area contributed by atoms with Gasteiger partial charge in [0.05, 0.1) is 48.1 Å². The van der Waals surface area contributed by atoms with Crippen LogP contribution >= 0.6 is 0 Å². The molecule has 4 N–H and O–H groups in total. The summed E-state index contributed by atoms with van der Waals surface area (Å²) in [6.45, 7) is 2.28. The fourth-order valence-corrected chi connectivity index (χ4v) is 3.15. The largest absolute Gasteiger partial charge is 0.465 e. The van der Waals surface area contributed by atoms with E-state index in [-0.39, 0.29) is 0 Å². The highest BCUT2D eigenvalue weighted by atomic mass is 16.5. The van der Waals surface area contributed by atoms with Crippen LogP contribution in [0.5, 0.6) is 0 Å². The Balaban J connectivity index is 2.01. The quantitative estimate of drug-likeness (QED) is 0.484. The number of ether oxygens (including phenoxy) is 2. The van der Waals surface area contributed by atoms with Gasteiger partial charge >= 0.3 is 11.9 Å². The molecule has 7 nitrogen and oxygen atoms in total. The predicted molar refractivity (Wildman–Crippen MR) is 121 cm³/mol. The summed E-state index contributed by atoms with van der Waals surface area (Å²) in [5.41, 5.74) is 11.0. The van der Waals surface area contributed by atoms with Crippen molar-refractivity contribution in [2.75, 3.05) is 24.9 Å². The van der Waals surface area contributed by atoms with Gasteiger partial charge in [0.2, 0.25) is 0 Å². The second-order valence-corrected chi connectivity index (χ2v) is 6.91. The Morgan fingerprint density at radius 2 is 1.39 bits per heavy atom. The summed E-state index contributed by atoms with van der Waals surface area (Å²) in [6.07, 6.45) is 0. The van der Waals surface area contributed by atoms with Gasteiger partial charge in [-0.05, 0) is 54.4 Å². The van der Waals surface area contributed by atoms with Crippen molar-refractivity contribution in [3.63, 3.8) is 0 Å². The summed E-state index contributed by atoms with van der Waals surface area (Å²) in [5, 5.41) is 6.60. The first-order valence-electron chi connectivity index (χ1n) is 9.70. The van der Waals surface area contributed by atoms with Gasteiger partial charge in [0.15, 0.2) is 0 Å². The van der Waals surface area contributed by atoms with Crippen molar-refractivity contribution in [1.82, 2.24) is 0 Å². The number of methoxy groups -OCH3 is 2. The van der Waals surface area contributed by atoms with E-state index in [1.165, 1.54) is 14.2 Å². The number of esters is 2. The second-order valence-electron chi connectivity index (χ2n) is 6.91. The number of benzene rings is 3. The number of carbonyl (C=O) groups is 2. The molecular weight excluding hydrogens is 394 g/mol. The first-order valence-corrected chi connectivity index (χ1v) is 9.70. The van der Waals surface area contributed by atoms with E-state index in [9.17, 15) is 9.59 Å². The van der Waals surface area contributed by atoms with Crippen molar-refractivity contribution in [3.05, 3.63) is 82.9 Å². The molecule has 160 valence electrons. The molecule has 0 aliphatic rings. The summed E-state index contributed by atoms with van der Waals surface area (Å²) in [7, 11) is 2.68. The van der Waals surface area contributed by atoms with Crippen LogP contribution < -0.4 is 16.4 Å². The van der Waals surface area contributed by atoms with Gasteiger partial charge in [-0.1, -0.05) is 24.3 Å². The molecule has 0 aliphatic carbocycles. The van der Waals surface area contributed by atoms with E-state index in [0.717, 1.165) is 22.5 Å². The molecule has 0 fully saturated rings. The Morgan fingerprint density at radius 1 is 0.774 bits per heavy atom. The number of para-hydroxylation sites is 1.